The Morgan fingerprint density at radius 1 is 1.67 bits per heavy atom. The Labute approximate surface area is 94.9 Å². The van der Waals surface area contributed by atoms with Gasteiger partial charge < -0.3 is 10.1 Å². The highest BCUT2D eigenvalue weighted by Crippen LogP contribution is 2.24. The Morgan fingerprint density at radius 2 is 2.60 bits per heavy atom. The Balaban J connectivity index is 1.86. The van der Waals surface area contributed by atoms with Crippen molar-refractivity contribution in [3.05, 3.63) is 16.1 Å². The molecule has 0 spiro atoms. The number of aryl methyl sites for hydroxylation is 1. The van der Waals surface area contributed by atoms with E-state index in [0.717, 1.165) is 26.0 Å². The van der Waals surface area contributed by atoms with Crippen LogP contribution in [0, 0.1) is 0 Å². The Morgan fingerprint density at radius 3 is 3.33 bits per heavy atom. The molecule has 0 bridgehead atoms. The van der Waals surface area contributed by atoms with Crippen molar-refractivity contribution in [1.29, 1.82) is 0 Å². The summed E-state index contributed by atoms with van der Waals surface area (Å²) in [4.78, 5) is 4.66. The van der Waals surface area contributed by atoms with Crippen LogP contribution in [-0.4, -0.2) is 25.2 Å². The second-order valence-corrected chi connectivity index (χ2v) is 4.85. The van der Waals surface area contributed by atoms with Crippen LogP contribution in [0.1, 0.15) is 36.0 Å². The van der Waals surface area contributed by atoms with Crippen molar-refractivity contribution in [2.45, 2.75) is 31.7 Å². The third-order valence-electron chi connectivity index (χ3n) is 2.73. The molecule has 1 fully saturated rings. The summed E-state index contributed by atoms with van der Waals surface area (Å²) in [6.07, 6.45) is 4.63. The van der Waals surface area contributed by atoms with Gasteiger partial charge in [0, 0.05) is 25.5 Å². The second kappa shape index (κ2) is 5.58. The summed E-state index contributed by atoms with van der Waals surface area (Å²) in [7, 11) is 1.75. The van der Waals surface area contributed by atoms with E-state index in [0.29, 0.717) is 6.04 Å². The zero-order valence-corrected chi connectivity index (χ0v) is 9.98. The van der Waals surface area contributed by atoms with E-state index >= 15 is 0 Å². The van der Waals surface area contributed by atoms with Gasteiger partial charge in [-0.15, -0.1) is 11.3 Å². The first-order valence-corrected chi connectivity index (χ1v) is 6.44. The average molecular weight is 226 g/mol. The van der Waals surface area contributed by atoms with Crippen molar-refractivity contribution in [2.24, 2.45) is 0 Å². The summed E-state index contributed by atoms with van der Waals surface area (Å²) in [5, 5.41) is 6.92. The van der Waals surface area contributed by atoms with Gasteiger partial charge in [-0.25, -0.2) is 4.98 Å². The molecule has 4 heteroatoms. The fourth-order valence-electron chi connectivity index (χ4n) is 1.90. The van der Waals surface area contributed by atoms with Gasteiger partial charge in [0.2, 0.25) is 0 Å². The highest BCUT2D eigenvalue weighted by Gasteiger charge is 2.18. The van der Waals surface area contributed by atoms with Crippen LogP contribution in [0.5, 0.6) is 0 Å². The quantitative estimate of drug-likeness (QED) is 0.781. The molecule has 0 aromatic carbocycles. The van der Waals surface area contributed by atoms with E-state index in [1.165, 1.54) is 23.5 Å². The molecule has 0 saturated carbocycles. The molecule has 1 aromatic heterocycles. The highest BCUT2D eigenvalue weighted by molar-refractivity contribution is 7.09. The van der Waals surface area contributed by atoms with Crippen LogP contribution < -0.4 is 5.32 Å². The molecular formula is C11H18N2OS. The summed E-state index contributed by atoms with van der Waals surface area (Å²) in [5.74, 6) is 0. The number of thiazole rings is 1. The molecule has 3 nitrogen and oxygen atoms in total. The van der Waals surface area contributed by atoms with Crippen LogP contribution in [0.25, 0.3) is 0 Å². The number of aromatic nitrogens is 1. The summed E-state index contributed by atoms with van der Waals surface area (Å²) in [5.41, 5.74) is 1.24. The number of nitrogens with zero attached hydrogens (tertiary/aromatic N) is 1. The van der Waals surface area contributed by atoms with Gasteiger partial charge in [0.15, 0.2) is 0 Å². The smallest absolute Gasteiger partial charge is 0.0929 e. The van der Waals surface area contributed by atoms with E-state index in [2.05, 4.69) is 15.7 Å². The van der Waals surface area contributed by atoms with Gasteiger partial charge in [-0.05, 0) is 25.8 Å². The summed E-state index contributed by atoms with van der Waals surface area (Å²) < 4.78 is 5.03. The van der Waals surface area contributed by atoms with E-state index in [1.807, 2.05) is 0 Å². The normalized spacial score (nSPS) is 21.0. The van der Waals surface area contributed by atoms with Crippen molar-refractivity contribution < 1.29 is 4.74 Å². The lowest BCUT2D eigenvalue weighted by Gasteiger charge is -2.04. The molecule has 84 valence electrons. The Kier molecular flexibility index (Phi) is 4.11. The van der Waals surface area contributed by atoms with Crippen LogP contribution in [-0.2, 0) is 11.2 Å². The number of hydrogen-bond acceptors (Lipinski definition) is 4. The first-order chi connectivity index (χ1) is 7.40. The lowest BCUT2D eigenvalue weighted by atomic mass is 10.2. The second-order valence-electron chi connectivity index (χ2n) is 3.91. The van der Waals surface area contributed by atoms with Crippen LogP contribution >= 0.6 is 11.3 Å². The number of hydrogen-bond donors (Lipinski definition) is 1. The van der Waals surface area contributed by atoms with E-state index in [4.69, 9.17) is 4.74 Å². The third kappa shape index (κ3) is 3.00. The monoisotopic (exact) mass is 226 g/mol. The van der Waals surface area contributed by atoms with E-state index in [1.54, 1.807) is 18.4 Å². The molecule has 1 aliphatic rings. The molecule has 1 unspecified atom stereocenters. The molecule has 1 saturated heterocycles. The van der Waals surface area contributed by atoms with Crippen LogP contribution in [0.2, 0.25) is 0 Å². The number of methoxy groups -OCH3 is 1. The van der Waals surface area contributed by atoms with Gasteiger partial charge in [-0.2, -0.15) is 0 Å². The number of rotatable bonds is 5. The van der Waals surface area contributed by atoms with Crippen molar-refractivity contribution in [3.8, 4) is 0 Å². The van der Waals surface area contributed by atoms with Crippen LogP contribution in [0.15, 0.2) is 5.38 Å². The van der Waals surface area contributed by atoms with Crippen molar-refractivity contribution >= 4 is 11.3 Å². The fourth-order valence-corrected chi connectivity index (χ4v) is 2.80. The Hall–Kier alpha value is -0.450. The van der Waals surface area contributed by atoms with E-state index in [9.17, 15) is 0 Å². The number of nitrogens with one attached hydrogen (secondary N) is 1. The van der Waals surface area contributed by atoms with Crippen molar-refractivity contribution in [3.63, 3.8) is 0 Å². The van der Waals surface area contributed by atoms with Gasteiger partial charge >= 0.3 is 0 Å². The maximum absolute atomic E-state index is 5.03. The zero-order valence-electron chi connectivity index (χ0n) is 9.16. The predicted octanol–water partition coefficient (Wildman–Crippen LogP) is 2.15. The third-order valence-corrected chi connectivity index (χ3v) is 3.65. The van der Waals surface area contributed by atoms with E-state index < -0.39 is 0 Å². The topological polar surface area (TPSA) is 34.1 Å². The summed E-state index contributed by atoms with van der Waals surface area (Å²) >= 11 is 1.78. The average Bonchev–Trinajstić information content (AvgIpc) is 2.87. The minimum Gasteiger partial charge on any atom is -0.385 e. The molecular weight excluding hydrogens is 208 g/mol. The fraction of sp³-hybridized carbons (Fsp3) is 0.727. The molecule has 1 atom stereocenters. The van der Waals surface area contributed by atoms with Crippen molar-refractivity contribution in [1.82, 2.24) is 10.3 Å². The van der Waals surface area contributed by atoms with Crippen LogP contribution in [0.4, 0.5) is 0 Å². The largest absolute Gasteiger partial charge is 0.385 e. The SMILES string of the molecule is COCCCc1nc(C2CCCN2)cs1. The van der Waals surface area contributed by atoms with Gasteiger partial charge in [0.25, 0.3) is 0 Å². The first-order valence-electron chi connectivity index (χ1n) is 5.57. The molecule has 1 N–H and O–H groups in total. The highest BCUT2D eigenvalue weighted by atomic mass is 32.1. The molecule has 0 amide bonds. The molecule has 0 aliphatic carbocycles. The molecule has 2 heterocycles. The molecule has 1 aromatic rings. The molecule has 2 rings (SSSR count). The lowest BCUT2D eigenvalue weighted by Crippen LogP contribution is -2.13. The molecule has 0 radical (unpaired) electrons. The molecule has 1 aliphatic heterocycles. The standard InChI is InChI=1S/C11H18N2OS/c1-14-7-3-5-11-13-10(8-15-11)9-4-2-6-12-9/h8-9,12H,2-7H2,1H3. The Bertz CT molecular complexity index is 295. The predicted molar refractivity (Wildman–Crippen MR) is 62.3 cm³/mol. The summed E-state index contributed by atoms with van der Waals surface area (Å²) in [6.45, 7) is 1.97. The van der Waals surface area contributed by atoms with Gasteiger partial charge in [0.1, 0.15) is 0 Å². The maximum atomic E-state index is 5.03. The van der Waals surface area contributed by atoms with Gasteiger partial charge in [-0.3, -0.25) is 0 Å². The van der Waals surface area contributed by atoms with E-state index in [-0.39, 0.29) is 0 Å². The molecule has 15 heavy (non-hydrogen) atoms. The minimum atomic E-state index is 0.512. The van der Waals surface area contributed by atoms with Crippen LogP contribution in [0.3, 0.4) is 0 Å². The minimum absolute atomic E-state index is 0.512. The van der Waals surface area contributed by atoms with Gasteiger partial charge in [0.05, 0.1) is 16.7 Å². The van der Waals surface area contributed by atoms with Crippen molar-refractivity contribution in [2.75, 3.05) is 20.3 Å². The van der Waals surface area contributed by atoms with Gasteiger partial charge in [-0.1, -0.05) is 0 Å². The summed E-state index contributed by atoms with van der Waals surface area (Å²) in [6, 6.07) is 0.512. The first kappa shape index (κ1) is 11.0. The lowest BCUT2D eigenvalue weighted by molar-refractivity contribution is 0.195. The zero-order chi connectivity index (χ0) is 10.5. The maximum Gasteiger partial charge on any atom is 0.0929 e. The number of ether oxygens (including phenoxy) is 1.